The van der Waals surface area contributed by atoms with Crippen molar-refractivity contribution in [1.29, 1.82) is 0 Å². The molecule has 0 radical (unpaired) electrons. The zero-order chi connectivity index (χ0) is 75.1. The van der Waals surface area contributed by atoms with Crippen LogP contribution >= 0.6 is 0 Å². The van der Waals surface area contributed by atoms with Crippen LogP contribution in [-0.4, -0.2) is 0 Å². The third-order valence-corrected chi connectivity index (χ3v) is 12.8. The third-order valence-electron chi connectivity index (χ3n) is 12.8. The van der Waals surface area contributed by atoms with Gasteiger partial charge in [-0.15, -0.1) is 0 Å². The fraction of sp³-hybridized carbons (Fsp3) is 0.371. The van der Waals surface area contributed by atoms with Gasteiger partial charge >= 0.3 is 0 Å². The van der Waals surface area contributed by atoms with E-state index in [-0.39, 0.29) is 17.5 Å². The molecule has 4 heterocycles. The lowest BCUT2D eigenvalue weighted by Gasteiger charge is -2.17. The monoisotopic (exact) mass is 1010 g/mol. The van der Waals surface area contributed by atoms with Gasteiger partial charge in [-0.25, -0.2) is 18.3 Å². The molecule has 0 saturated carbocycles. The smallest absolute Gasteiger partial charge is 0.201 e. The fourth-order valence-corrected chi connectivity index (χ4v) is 8.94. The second-order valence-corrected chi connectivity index (χ2v) is 20.4. The van der Waals surface area contributed by atoms with Crippen LogP contribution in [0, 0.1) is 88.1 Å². The SMILES string of the molecule is [2H]C([2H])([2H])Cc1cc(C)c(-c2ccc(C([2H])([2H])[2H])c[n+]2C)cc1C.[2H]C([2H])([2H])c1ccc(-c2cc(C)c(C([2H])(C)C([2H])([2H])[2H])cc2C)[n+](C)c1.[2H]C([2H])([2H])c1ccc(-c2cc(C)c(C([2H])([2H])[2H])cc2C)[n+](C)c1.[2H]C([2H])([2H])c1ccc(-c2ccc(C([2H])([2H])C(C)(C)C)c[n+]2C)c(C)c1. The Morgan fingerprint density at radius 2 is 0.892 bits per heavy atom. The molecule has 4 aromatic heterocycles. The zero-order valence-electron chi connectivity index (χ0n) is 70.1. The molecule has 0 N–H and O–H groups in total. The predicted octanol–water partition coefficient (Wildman–Crippen LogP) is 15.7. The van der Waals surface area contributed by atoms with Crippen LogP contribution in [0.2, 0.25) is 0 Å². The summed E-state index contributed by atoms with van der Waals surface area (Å²) in [4.78, 5) is 0. The van der Waals surface area contributed by atoms with E-state index in [1.165, 1.54) is 6.92 Å². The number of aryl methyl sites for hydroxylation is 17. The molecular weight excluding hydrogens is 897 g/mol. The van der Waals surface area contributed by atoms with Gasteiger partial charge in [0.1, 0.15) is 28.2 Å². The van der Waals surface area contributed by atoms with Crippen LogP contribution < -0.4 is 18.3 Å². The molecule has 0 bridgehead atoms. The first-order chi connectivity index (χ1) is 44.2. The topological polar surface area (TPSA) is 15.5 Å². The maximum atomic E-state index is 8.42. The minimum Gasteiger partial charge on any atom is -0.201 e. The van der Waals surface area contributed by atoms with E-state index in [4.69, 9.17) is 32.9 Å². The van der Waals surface area contributed by atoms with Crippen molar-refractivity contribution in [3.8, 4) is 45.0 Å². The highest BCUT2D eigenvalue weighted by Crippen LogP contribution is 2.30. The van der Waals surface area contributed by atoms with Crippen molar-refractivity contribution < 1.29 is 51.2 Å². The number of hydrogen-bond donors (Lipinski definition) is 0. The lowest BCUT2D eigenvalue weighted by Crippen LogP contribution is -2.32. The van der Waals surface area contributed by atoms with Crippen molar-refractivity contribution >= 4 is 0 Å². The number of pyridine rings is 4. The molecule has 0 amide bonds. The first kappa shape index (κ1) is 32.7. The van der Waals surface area contributed by atoms with Gasteiger partial charge in [0.2, 0.25) is 22.8 Å². The Kier molecular flexibility index (Phi) is 11.1. The van der Waals surface area contributed by atoms with E-state index < -0.39 is 65.6 Å². The minimum absolute atomic E-state index is 0.0457. The van der Waals surface area contributed by atoms with E-state index in [0.717, 1.165) is 84.0 Å². The lowest BCUT2D eigenvalue weighted by molar-refractivity contribution is -0.661. The Hall–Kier alpha value is -6.52. The van der Waals surface area contributed by atoms with Gasteiger partial charge in [-0.05, 0) is 211 Å². The maximum Gasteiger partial charge on any atom is 0.212 e. The average Bonchev–Trinajstić information content (AvgIpc) is 0.788. The summed E-state index contributed by atoms with van der Waals surface area (Å²) in [5.74, 6) is -1.70. The van der Waals surface area contributed by atoms with E-state index in [0.29, 0.717) is 33.4 Å². The quantitative estimate of drug-likeness (QED) is 0.141. The molecule has 4 nitrogen and oxygen atoms in total. The third kappa shape index (κ3) is 15.3. The van der Waals surface area contributed by atoms with Gasteiger partial charge in [0.15, 0.2) is 24.8 Å². The number of hydrogen-bond acceptors (Lipinski definition) is 0. The van der Waals surface area contributed by atoms with E-state index in [2.05, 4.69) is 0 Å². The molecule has 4 heteroatoms. The molecule has 74 heavy (non-hydrogen) atoms. The van der Waals surface area contributed by atoms with E-state index >= 15 is 0 Å². The van der Waals surface area contributed by atoms with Crippen LogP contribution in [0.15, 0.2) is 128 Å². The number of aromatic nitrogens is 4. The number of nitrogens with zero attached hydrogens (tertiary/aromatic N) is 4. The first-order valence-corrected chi connectivity index (χ1v) is 24.7. The number of benzene rings is 4. The molecule has 0 aliphatic heterocycles. The van der Waals surface area contributed by atoms with E-state index in [1.54, 1.807) is 121 Å². The van der Waals surface area contributed by atoms with Gasteiger partial charge in [0.05, 0.1) is 0 Å². The van der Waals surface area contributed by atoms with Crippen LogP contribution in [-0.2, 0) is 41.0 Å². The Bertz CT molecular complexity index is 4190. The summed E-state index contributed by atoms with van der Waals surface area (Å²) in [5.41, 5.74) is 16.0. The molecule has 1 atom stereocenters. The van der Waals surface area contributed by atoms with Crippen molar-refractivity contribution in [2.45, 2.75) is 143 Å². The summed E-state index contributed by atoms with van der Waals surface area (Å²) in [7, 11) is 7.27. The summed E-state index contributed by atoms with van der Waals surface area (Å²) >= 11 is 0. The van der Waals surface area contributed by atoms with Gasteiger partial charge in [0, 0.05) is 102 Å². The lowest BCUT2D eigenvalue weighted by atomic mass is 9.88. The van der Waals surface area contributed by atoms with Crippen LogP contribution in [0.3, 0.4) is 0 Å². The zero-order valence-corrected chi connectivity index (χ0v) is 46.1. The normalized spacial score (nSPS) is 18.0. The highest BCUT2D eigenvalue weighted by atomic mass is 14.9. The van der Waals surface area contributed by atoms with Crippen molar-refractivity contribution in [3.05, 3.63) is 211 Å². The molecule has 8 aromatic rings. The van der Waals surface area contributed by atoms with Crippen LogP contribution in [0.1, 0.15) is 164 Å². The van der Waals surface area contributed by atoms with Gasteiger partial charge in [-0.2, -0.15) is 0 Å². The van der Waals surface area contributed by atoms with Crippen molar-refractivity contribution in [1.82, 2.24) is 0 Å². The van der Waals surface area contributed by atoms with Gasteiger partial charge in [-0.1, -0.05) is 77.3 Å². The van der Waals surface area contributed by atoms with Crippen LogP contribution in [0.4, 0.5) is 0 Å². The molecule has 8 rings (SSSR count). The standard InChI is InChI=1S/C19H26N.C18H24N.C17H22N.C16H20N/c1-14-7-9-17(15(2)11-14)18-10-8-16(13-20(18)6)12-19(3,4)5;1-12(2)16-9-15(5)17(10-14(16)4)18-8-7-13(3)11-19(18)6;1-6-15-9-14(4)16(10-13(15)3)17-8-7-12(2)11-18(17)5;1-11-6-7-16(17(5)10-11)15-9-13(3)12(2)8-14(15)4/h7-11,13H,12H2,1-6H3;7-12H,1-6H3;7-11H,6H2,1-5H3;6-10H,1-5H3/q4*+1/i1D3,12D2;1D3,3D3,12D;2*1D3,2D3. The molecule has 0 aliphatic carbocycles. The largest absolute Gasteiger partial charge is 0.212 e. The van der Waals surface area contributed by atoms with Gasteiger partial charge in [-0.3, -0.25) is 0 Å². The molecule has 1 unspecified atom stereocenters. The van der Waals surface area contributed by atoms with Crippen molar-refractivity contribution in [2.24, 2.45) is 33.6 Å². The number of rotatable bonds is 7. The second kappa shape index (κ2) is 25.1. The summed E-state index contributed by atoms with van der Waals surface area (Å²) in [6, 6.07) is 30.0. The summed E-state index contributed by atoms with van der Waals surface area (Å²) < 4.78 is 191. The summed E-state index contributed by atoms with van der Waals surface area (Å²) in [6.45, 7) is 4.99. The fourth-order valence-electron chi connectivity index (χ4n) is 8.94. The van der Waals surface area contributed by atoms with Crippen molar-refractivity contribution in [2.75, 3.05) is 0 Å². The Morgan fingerprint density at radius 3 is 1.35 bits per heavy atom. The summed E-state index contributed by atoms with van der Waals surface area (Å²) in [5, 5.41) is 0. The van der Waals surface area contributed by atoms with Gasteiger partial charge in [0.25, 0.3) is 0 Å². The first-order valence-electron chi connectivity index (χ1n) is 36.7. The second-order valence-electron chi connectivity index (χ2n) is 20.4. The van der Waals surface area contributed by atoms with Crippen LogP contribution in [0.5, 0.6) is 0 Å². The Labute approximate surface area is 483 Å². The Morgan fingerprint density at radius 1 is 0.446 bits per heavy atom. The van der Waals surface area contributed by atoms with E-state index in [9.17, 15) is 0 Å². The van der Waals surface area contributed by atoms with Crippen LogP contribution in [0.25, 0.3) is 45.0 Å². The molecule has 4 aromatic carbocycles. The molecule has 0 saturated heterocycles. The minimum atomic E-state index is -2.43. The molecule has 0 aliphatic rings. The maximum absolute atomic E-state index is 8.42. The average molecular weight is 1010 g/mol. The predicted molar refractivity (Wildman–Crippen MR) is 316 cm³/mol. The molecule has 0 spiro atoms. The molecule has 0 fully saturated rings. The summed E-state index contributed by atoms with van der Waals surface area (Å²) in [6.07, 6.45) is 5.20. The van der Waals surface area contributed by atoms with Gasteiger partial charge < -0.3 is 0 Å². The molecule has 388 valence electrons. The van der Waals surface area contributed by atoms with Crippen molar-refractivity contribution in [3.63, 3.8) is 0 Å². The highest BCUT2D eigenvalue weighted by Gasteiger charge is 2.19. The molecular formula is C70H92N4+4. The Balaban J connectivity index is 0.000000236. The van der Waals surface area contributed by atoms with E-state index in [1.807, 2.05) is 123 Å². The highest BCUT2D eigenvalue weighted by molar-refractivity contribution is 5.66.